The summed E-state index contributed by atoms with van der Waals surface area (Å²) in [6.45, 7) is 3.69. The summed E-state index contributed by atoms with van der Waals surface area (Å²) < 4.78 is 6.77. The first-order chi connectivity index (χ1) is 15.0. The predicted molar refractivity (Wildman–Crippen MR) is 122 cm³/mol. The highest BCUT2D eigenvalue weighted by molar-refractivity contribution is 6.06. The Labute approximate surface area is 179 Å². The number of benzene rings is 3. The van der Waals surface area contributed by atoms with Crippen molar-refractivity contribution in [3.8, 4) is 5.75 Å². The standard InChI is InChI=1S/C24H22N4O3/c1-15(2)28-24(30)19-11-7-6-10-18(19)22(27-28)23(29)26-25-14-20-17-9-5-4-8-16(17)12-13-21(20)31-3/h4-15H,1-3H3,(H,26,29)/b25-14-. The summed E-state index contributed by atoms with van der Waals surface area (Å²) in [6, 6.07) is 18.4. The van der Waals surface area contributed by atoms with E-state index < -0.39 is 5.91 Å². The maximum atomic E-state index is 12.9. The van der Waals surface area contributed by atoms with Crippen molar-refractivity contribution in [3.63, 3.8) is 0 Å². The molecule has 0 aliphatic rings. The van der Waals surface area contributed by atoms with Crippen LogP contribution < -0.4 is 15.7 Å². The van der Waals surface area contributed by atoms with Crippen LogP contribution in [0.4, 0.5) is 0 Å². The molecule has 0 spiro atoms. The van der Waals surface area contributed by atoms with E-state index in [1.807, 2.05) is 50.2 Å². The number of amides is 1. The van der Waals surface area contributed by atoms with Crippen molar-refractivity contribution < 1.29 is 9.53 Å². The number of hydrogen-bond acceptors (Lipinski definition) is 5. The Morgan fingerprint density at radius 1 is 1.03 bits per heavy atom. The fraction of sp³-hybridized carbons (Fsp3) is 0.167. The third kappa shape index (κ3) is 3.77. The lowest BCUT2D eigenvalue weighted by atomic mass is 10.0. The van der Waals surface area contributed by atoms with Crippen molar-refractivity contribution in [1.82, 2.24) is 15.2 Å². The number of methoxy groups -OCH3 is 1. The second kappa shape index (κ2) is 8.39. The smallest absolute Gasteiger partial charge is 0.292 e. The molecule has 4 rings (SSSR count). The lowest BCUT2D eigenvalue weighted by Crippen LogP contribution is -2.30. The van der Waals surface area contributed by atoms with Crippen molar-refractivity contribution in [2.45, 2.75) is 19.9 Å². The Morgan fingerprint density at radius 2 is 1.71 bits per heavy atom. The fourth-order valence-electron chi connectivity index (χ4n) is 3.52. The van der Waals surface area contributed by atoms with Crippen LogP contribution in [0.1, 0.15) is 35.9 Å². The molecule has 1 amide bonds. The molecule has 0 bridgehead atoms. The first-order valence-corrected chi connectivity index (χ1v) is 9.92. The van der Waals surface area contributed by atoms with Gasteiger partial charge in [-0.25, -0.2) is 10.1 Å². The van der Waals surface area contributed by atoms with Gasteiger partial charge in [0.1, 0.15) is 5.75 Å². The van der Waals surface area contributed by atoms with Gasteiger partial charge in [-0.1, -0.05) is 48.5 Å². The van der Waals surface area contributed by atoms with Gasteiger partial charge in [-0.2, -0.15) is 10.2 Å². The largest absolute Gasteiger partial charge is 0.496 e. The zero-order chi connectivity index (χ0) is 22.0. The summed E-state index contributed by atoms with van der Waals surface area (Å²) in [5.74, 6) is 0.148. The van der Waals surface area contributed by atoms with Gasteiger partial charge in [0.05, 0.1) is 24.8 Å². The Balaban J connectivity index is 1.72. The molecule has 1 N–H and O–H groups in total. The van der Waals surface area contributed by atoms with Gasteiger partial charge in [-0.05, 0) is 36.8 Å². The Bertz CT molecular complexity index is 1370. The number of hydrazone groups is 1. The summed E-state index contributed by atoms with van der Waals surface area (Å²) in [5.41, 5.74) is 3.21. The number of hydrogen-bond donors (Lipinski definition) is 1. The average Bonchev–Trinajstić information content (AvgIpc) is 2.79. The van der Waals surface area contributed by atoms with Crippen LogP contribution in [0.25, 0.3) is 21.5 Å². The molecule has 31 heavy (non-hydrogen) atoms. The number of nitrogens with one attached hydrogen (secondary N) is 1. The molecule has 1 heterocycles. The highest BCUT2D eigenvalue weighted by Crippen LogP contribution is 2.26. The number of nitrogens with zero attached hydrogens (tertiary/aromatic N) is 3. The molecule has 0 aliphatic heterocycles. The molecular formula is C24H22N4O3. The third-order valence-electron chi connectivity index (χ3n) is 5.04. The van der Waals surface area contributed by atoms with Crippen molar-refractivity contribution >= 4 is 33.7 Å². The quantitative estimate of drug-likeness (QED) is 0.396. The van der Waals surface area contributed by atoms with E-state index in [1.165, 1.54) is 4.68 Å². The van der Waals surface area contributed by atoms with Gasteiger partial charge < -0.3 is 4.74 Å². The minimum Gasteiger partial charge on any atom is -0.496 e. The van der Waals surface area contributed by atoms with Crippen molar-refractivity contribution in [3.05, 3.63) is 82.3 Å². The van der Waals surface area contributed by atoms with E-state index in [2.05, 4.69) is 15.6 Å². The summed E-state index contributed by atoms with van der Waals surface area (Å²) >= 11 is 0. The molecule has 0 atom stereocenters. The molecule has 0 unspecified atom stereocenters. The monoisotopic (exact) mass is 414 g/mol. The van der Waals surface area contributed by atoms with Crippen LogP contribution in [0.15, 0.2) is 70.6 Å². The summed E-state index contributed by atoms with van der Waals surface area (Å²) in [7, 11) is 1.59. The Hall–Kier alpha value is -4.00. The van der Waals surface area contributed by atoms with E-state index in [0.29, 0.717) is 16.5 Å². The SMILES string of the molecule is COc1ccc2ccccc2c1/C=N\NC(=O)c1nn(C(C)C)c(=O)c2ccccc12. The minimum atomic E-state index is -0.499. The molecule has 0 aliphatic carbocycles. The van der Waals surface area contributed by atoms with E-state index >= 15 is 0 Å². The molecule has 156 valence electrons. The number of rotatable bonds is 5. The molecule has 3 aromatic carbocycles. The summed E-state index contributed by atoms with van der Waals surface area (Å²) in [6.07, 6.45) is 1.56. The molecule has 4 aromatic rings. The first-order valence-electron chi connectivity index (χ1n) is 9.92. The Morgan fingerprint density at radius 3 is 2.42 bits per heavy atom. The molecule has 0 radical (unpaired) electrons. The van der Waals surface area contributed by atoms with Crippen molar-refractivity contribution in [1.29, 1.82) is 0 Å². The van der Waals surface area contributed by atoms with Gasteiger partial charge in [0, 0.05) is 10.9 Å². The van der Waals surface area contributed by atoms with Crippen LogP contribution in [0.2, 0.25) is 0 Å². The molecule has 0 saturated carbocycles. The Kier molecular flexibility index (Phi) is 5.49. The summed E-state index contributed by atoms with van der Waals surface area (Å²) in [5, 5.41) is 11.4. The molecule has 7 heteroatoms. The summed E-state index contributed by atoms with van der Waals surface area (Å²) in [4.78, 5) is 25.6. The van der Waals surface area contributed by atoms with Crippen LogP contribution in [-0.2, 0) is 0 Å². The number of ether oxygens (including phenoxy) is 1. The van der Waals surface area contributed by atoms with E-state index in [9.17, 15) is 9.59 Å². The maximum Gasteiger partial charge on any atom is 0.292 e. The van der Waals surface area contributed by atoms with Gasteiger partial charge in [0.15, 0.2) is 5.69 Å². The van der Waals surface area contributed by atoms with Gasteiger partial charge in [-0.3, -0.25) is 9.59 Å². The van der Waals surface area contributed by atoms with Crippen LogP contribution in [0.3, 0.4) is 0 Å². The maximum absolute atomic E-state index is 12.9. The zero-order valence-electron chi connectivity index (χ0n) is 17.5. The highest BCUT2D eigenvalue weighted by Gasteiger charge is 2.17. The fourth-order valence-corrected chi connectivity index (χ4v) is 3.52. The minimum absolute atomic E-state index is 0.144. The zero-order valence-corrected chi connectivity index (χ0v) is 17.5. The normalized spacial score (nSPS) is 11.5. The molecule has 1 aromatic heterocycles. The van der Waals surface area contributed by atoms with E-state index in [1.54, 1.807) is 37.6 Å². The third-order valence-corrected chi connectivity index (χ3v) is 5.04. The van der Waals surface area contributed by atoms with E-state index in [0.717, 1.165) is 16.3 Å². The highest BCUT2D eigenvalue weighted by atomic mass is 16.5. The molecular weight excluding hydrogens is 392 g/mol. The van der Waals surface area contributed by atoms with Gasteiger partial charge in [0.25, 0.3) is 11.5 Å². The van der Waals surface area contributed by atoms with Crippen LogP contribution in [-0.4, -0.2) is 29.0 Å². The van der Waals surface area contributed by atoms with Crippen molar-refractivity contribution in [2.24, 2.45) is 5.10 Å². The molecule has 0 saturated heterocycles. The number of carbonyl (C=O) groups is 1. The number of aromatic nitrogens is 2. The van der Waals surface area contributed by atoms with Gasteiger partial charge >= 0.3 is 0 Å². The molecule has 7 nitrogen and oxygen atoms in total. The average molecular weight is 414 g/mol. The topological polar surface area (TPSA) is 85.6 Å². The number of fused-ring (bicyclic) bond motifs is 2. The lowest BCUT2D eigenvalue weighted by Gasteiger charge is -2.12. The first kappa shape index (κ1) is 20.3. The van der Waals surface area contributed by atoms with Gasteiger partial charge in [-0.15, -0.1) is 0 Å². The van der Waals surface area contributed by atoms with E-state index in [-0.39, 0.29) is 17.3 Å². The van der Waals surface area contributed by atoms with Crippen LogP contribution >= 0.6 is 0 Å². The number of carbonyl (C=O) groups excluding carboxylic acids is 1. The van der Waals surface area contributed by atoms with E-state index in [4.69, 9.17) is 4.74 Å². The van der Waals surface area contributed by atoms with Gasteiger partial charge in [0.2, 0.25) is 0 Å². The second-order valence-corrected chi connectivity index (χ2v) is 7.34. The predicted octanol–water partition coefficient (Wildman–Crippen LogP) is 3.90. The molecule has 0 fully saturated rings. The van der Waals surface area contributed by atoms with Crippen molar-refractivity contribution in [2.75, 3.05) is 7.11 Å². The second-order valence-electron chi connectivity index (χ2n) is 7.34. The van der Waals surface area contributed by atoms with Crippen LogP contribution in [0.5, 0.6) is 5.75 Å². The lowest BCUT2D eigenvalue weighted by molar-refractivity contribution is 0.0949. The van der Waals surface area contributed by atoms with Crippen LogP contribution in [0, 0.1) is 0 Å².